The monoisotopic (exact) mass is 480 g/mol. The van der Waals surface area contributed by atoms with Crippen molar-refractivity contribution in [3.63, 3.8) is 0 Å². The highest BCUT2D eigenvalue weighted by Crippen LogP contribution is 2.32. The number of ether oxygens (including phenoxy) is 2. The second kappa shape index (κ2) is 11.8. The topological polar surface area (TPSA) is 107 Å². The van der Waals surface area contributed by atoms with Gasteiger partial charge in [-0.3, -0.25) is 19.4 Å². The number of H-pyrrole nitrogens is 1. The molecule has 3 aromatic rings. The lowest BCUT2D eigenvalue weighted by Crippen LogP contribution is -2.51. The highest BCUT2D eigenvalue weighted by molar-refractivity contribution is 5.90. The normalized spacial score (nSPS) is 15.7. The minimum Gasteiger partial charge on any atom is -0.489 e. The molecule has 0 saturated carbocycles. The average molecular weight is 481 g/mol. The number of aliphatic carboxylic acids is 1. The van der Waals surface area contributed by atoms with Crippen LogP contribution in [0.2, 0.25) is 0 Å². The smallest absolute Gasteiger partial charge is 0.325 e. The minimum atomic E-state index is -0.896. The zero-order valence-corrected chi connectivity index (χ0v) is 19.9. The van der Waals surface area contributed by atoms with Crippen LogP contribution in [0.3, 0.4) is 0 Å². The second-order valence-electron chi connectivity index (χ2n) is 8.62. The van der Waals surface area contributed by atoms with E-state index in [1.807, 2.05) is 58.3 Å². The molecule has 0 bridgehead atoms. The van der Waals surface area contributed by atoms with Gasteiger partial charge < -0.3 is 24.9 Å². The van der Waals surface area contributed by atoms with Gasteiger partial charge in [0.2, 0.25) is 5.91 Å². The molecule has 0 spiro atoms. The van der Waals surface area contributed by atoms with Gasteiger partial charge in [0.05, 0.1) is 13.2 Å². The van der Waals surface area contributed by atoms with Crippen molar-refractivity contribution in [2.75, 3.05) is 53.0 Å². The summed E-state index contributed by atoms with van der Waals surface area (Å²) in [4.78, 5) is 31.7. The van der Waals surface area contributed by atoms with E-state index in [4.69, 9.17) is 9.47 Å². The van der Waals surface area contributed by atoms with Gasteiger partial charge in [0, 0.05) is 62.5 Å². The number of aromatic nitrogens is 1. The fourth-order valence-corrected chi connectivity index (χ4v) is 4.40. The van der Waals surface area contributed by atoms with Crippen molar-refractivity contribution in [3.8, 4) is 5.75 Å². The first-order valence-electron chi connectivity index (χ1n) is 11.8. The molecule has 1 fully saturated rings. The molecular formula is C26H32N4O5. The third-order valence-corrected chi connectivity index (χ3v) is 6.23. The Hall–Kier alpha value is -3.40. The predicted molar refractivity (Wildman–Crippen MR) is 132 cm³/mol. The van der Waals surface area contributed by atoms with Crippen molar-refractivity contribution >= 4 is 22.8 Å². The molecule has 9 heteroatoms. The number of aromatic amines is 1. The Kier molecular flexibility index (Phi) is 8.36. The quantitative estimate of drug-likeness (QED) is 0.362. The molecule has 0 radical (unpaired) electrons. The Balaban J connectivity index is 1.42. The van der Waals surface area contributed by atoms with Crippen molar-refractivity contribution < 1.29 is 24.2 Å². The van der Waals surface area contributed by atoms with Crippen molar-refractivity contribution in [1.29, 1.82) is 0 Å². The molecule has 1 aliphatic heterocycles. The zero-order chi connectivity index (χ0) is 24.6. The van der Waals surface area contributed by atoms with Crippen LogP contribution < -0.4 is 10.1 Å². The maximum atomic E-state index is 12.4. The van der Waals surface area contributed by atoms with Crippen LogP contribution in [0, 0.1) is 0 Å². The summed E-state index contributed by atoms with van der Waals surface area (Å²) < 4.78 is 10.9. The van der Waals surface area contributed by atoms with Crippen LogP contribution in [0.4, 0.5) is 0 Å². The molecule has 1 atom stereocenters. The fraction of sp³-hybridized carbons (Fsp3) is 0.385. The van der Waals surface area contributed by atoms with Gasteiger partial charge in [-0.1, -0.05) is 30.3 Å². The van der Waals surface area contributed by atoms with Crippen LogP contribution in [-0.2, 0) is 20.9 Å². The molecule has 1 amide bonds. The molecule has 35 heavy (non-hydrogen) atoms. The van der Waals surface area contributed by atoms with Crippen LogP contribution in [0.25, 0.3) is 10.9 Å². The maximum Gasteiger partial charge on any atom is 0.325 e. The van der Waals surface area contributed by atoms with E-state index in [0.29, 0.717) is 63.8 Å². The van der Waals surface area contributed by atoms with Gasteiger partial charge in [-0.25, -0.2) is 0 Å². The van der Waals surface area contributed by atoms with Crippen molar-refractivity contribution in [2.24, 2.45) is 0 Å². The Morgan fingerprint density at radius 3 is 2.60 bits per heavy atom. The average Bonchev–Trinajstić information content (AvgIpc) is 3.27. The van der Waals surface area contributed by atoms with Crippen molar-refractivity contribution in [2.45, 2.75) is 12.6 Å². The number of benzene rings is 2. The van der Waals surface area contributed by atoms with Crippen molar-refractivity contribution in [3.05, 3.63) is 65.9 Å². The second-order valence-corrected chi connectivity index (χ2v) is 8.62. The molecular weight excluding hydrogens is 448 g/mol. The summed E-state index contributed by atoms with van der Waals surface area (Å²) in [6, 6.07) is 14.8. The number of methoxy groups -OCH3 is 1. The zero-order valence-electron chi connectivity index (χ0n) is 19.9. The molecule has 1 saturated heterocycles. The number of nitrogens with zero attached hydrogens (tertiary/aromatic N) is 2. The SMILES string of the molecule is COCCNC(=O)CN1CCN(C(C(=O)O)c2c[nH]c3ccc(OCc4ccccc4)cc23)CC1. The first-order valence-corrected chi connectivity index (χ1v) is 11.8. The third kappa shape index (κ3) is 6.39. The number of carbonyl (C=O) groups is 2. The predicted octanol–water partition coefficient (Wildman–Crippen LogP) is 2.25. The molecule has 1 unspecified atom stereocenters. The molecule has 186 valence electrons. The number of nitrogens with one attached hydrogen (secondary N) is 2. The van der Waals surface area contributed by atoms with E-state index in [1.54, 1.807) is 13.3 Å². The highest BCUT2D eigenvalue weighted by atomic mass is 16.5. The minimum absolute atomic E-state index is 0.0510. The van der Waals surface area contributed by atoms with E-state index in [1.165, 1.54) is 0 Å². The summed E-state index contributed by atoms with van der Waals surface area (Å²) in [5.74, 6) is -0.257. The van der Waals surface area contributed by atoms with Gasteiger partial charge >= 0.3 is 5.97 Å². The lowest BCUT2D eigenvalue weighted by atomic mass is 10.0. The Morgan fingerprint density at radius 1 is 1.11 bits per heavy atom. The van der Waals surface area contributed by atoms with Gasteiger partial charge in [-0.05, 0) is 23.8 Å². The van der Waals surface area contributed by atoms with E-state index in [2.05, 4.69) is 10.3 Å². The van der Waals surface area contributed by atoms with Crippen LogP contribution >= 0.6 is 0 Å². The molecule has 9 nitrogen and oxygen atoms in total. The van der Waals surface area contributed by atoms with Crippen LogP contribution in [0.5, 0.6) is 5.75 Å². The summed E-state index contributed by atoms with van der Waals surface area (Å²) in [5.41, 5.74) is 2.64. The largest absolute Gasteiger partial charge is 0.489 e. The molecule has 0 aliphatic carbocycles. The Bertz CT molecular complexity index is 1130. The Morgan fingerprint density at radius 2 is 1.89 bits per heavy atom. The fourth-order valence-electron chi connectivity index (χ4n) is 4.40. The summed E-state index contributed by atoms with van der Waals surface area (Å²) in [6.07, 6.45) is 1.78. The number of hydrogen-bond acceptors (Lipinski definition) is 6. The first-order chi connectivity index (χ1) is 17.0. The van der Waals surface area contributed by atoms with E-state index in [0.717, 1.165) is 16.5 Å². The molecule has 4 rings (SSSR count). The standard InChI is InChI=1S/C26H32N4O5/c1-34-14-9-27-24(31)17-29-10-12-30(13-11-29)25(26(32)33)22-16-28-23-8-7-20(15-21(22)23)35-18-19-5-3-2-4-6-19/h2-8,15-16,25,28H,9-14,17-18H2,1H3,(H,27,31)(H,32,33). The third-order valence-electron chi connectivity index (χ3n) is 6.23. The van der Waals surface area contributed by atoms with Crippen molar-refractivity contribution in [1.82, 2.24) is 20.1 Å². The molecule has 1 aromatic heterocycles. The van der Waals surface area contributed by atoms with Gasteiger partial charge in [0.15, 0.2) is 0 Å². The van der Waals surface area contributed by atoms with E-state index >= 15 is 0 Å². The Labute approximate surface area is 204 Å². The number of fused-ring (bicyclic) bond motifs is 1. The van der Waals surface area contributed by atoms with E-state index in [-0.39, 0.29) is 5.91 Å². The van der Waals surface area contributed by atoms with Gasteiger partial charge in [-0.15, -0.1) is 0 Å². The van der Waals surface area contributed by atoms with Gasteiger partial charge in [0.25, 0.3) is 0 Å². The number of carbonyl (C=O) groups excluding carboxylic acids is 1. The van der Waals surface area contributed by atoms with E-state index in [9.17, 15) is 14.7 Å². The molecule has 2 aromatic carbocycles. The lowest BCUT2D eigenvalue weighted by Gasteiger charge is -2.37. The number of carboxylic acid groups (broad SMARTS) is 1. The van der Waals surface area contributed by atoms with Gasteiger partial charge in [-0.2, -0.15) is 0 Å². The summed E-state index contributed by atoms with van der Waals surface area (Å²) in [5, 5.41) is 13.8. The number of carboxylic acids is 1. The summed E-state index contributed by atoms with van der Waals surface area (Å²) in [6.45, 7) is 4.04. The van der Waals surface area contributed by atoms with Crippen LogP contribution in [0.15, 0.2) is 54.7 Å². The van der Waals surface area contributed by atoms with Crippen LogP contribution in [-0.4, -0.2) is 84.8 Å². The first kappa shape index (κ1) is 24.7. The highest BCUT2D eigenvalue weighted by Gasteiger charge is 2.32. The number of piperazine rings is 1. The maximum absolute atomic E-state index is 12.4. The number of hydrogen-bond donors (Lipinski definition) is 3. The van der Waals surface area contributed by atoms with E-state index < -0.39 is 12.0 Å². The lowest BCUT2D eigenvalue weighted by molar-refractivity contribution is -0.144. The molecule has 3 N–H and O–H groups in total. The molecule has 2 heterocycles. The molecule has 1 aliphatic rings. The number of rotatable bonds is 11. The summed E-state index contributed by atoms with van der Waals surface area (Å²) in [7, 11) is 1.59. The summed E-state index contributed by atoms with van der Waals surface area (Å²) >= 11 is 0. The van der Waals surface area contributed by atoms with Crippen LogP contribution in [0.1, 0.15) is 17.2 Å². The van der Waals surface area contributed by atoms with Gasteiger partial charge in [0.1, 0.15) is 18.4 Å². The number of amides is 1.